The second kappa shape index (κ2) is 19.9. The molecule has 5 bridgehead atoms. The van der Waals surface area contributed by atoms with Gasteiger partial charge in [-0.3, -0.25) is 29.2 Å². The Kier molecular flexibility index (Phi) is 14.6. The van der Waals surface area contributed by atoms with Crippen LogP contribution in [0.2, 0.25) is 0 Å². The molecule has 2 saturated heterocycles. The molecule has 0 aromatic heterocycles. The number of rotatable bonds is 5. The quantitative estimate of drug-likeness (QED) is 0.163. The van der Waals surface area contributed by atoms with Gasteiger partial charge in [0, 0.05) is 87.9 Å². The van der Waals surface area contributed by atoms with E-state index < -0.39 is 65.5 Å². The van der Waals surface area contributed by atoms with Gasteiger partial charge < -0.3 is 54.7 Å². The van der Waals surface area contributed by atoms with E-state index in [1.165, 1.54) is 13.2 Å². The van der Waals surface area contributed by atoms with Crippen LogP contribution in [-0.4, -0.2) is 141 Å². The van der Waals surface area contributed by atoms with Crippen molar-refractivity contribution in [1.29, 1.82) is 0 Å². The highest BCUT2D eigenvalue weighted by molar-refractivity contribution is 6.19. The number of carbonyl (C=O) groups is 4. The van der Waals surface area contributed by atoms with Crippen LogP contribution in [0.25, 0.3) is 10.8 Å². The standard InChI is InChI=1S/C49H66N6O11/c1-28(2)27-54-19-15-49(16-20-54)51-40-37-38-43(60)31(5)45-39(37)46(62)48(6,66-45)64-23-9-8-14-33(65-36(59)26-35(58)55-18-11-17-53(7)21-22-55)24-32(56)25-34(57)29(3)12-10-13-30(4)47(63)50-42(44(38)61)41(40)52-49/h9-10,12-13,23,28-29,32-34,56-57,60-61H,8,11,14-22,24-27H2,1-7H3,(H,50,63)/b12-10+,23-9+,30-13-/t29?,32?,33-,34-,48+/m1/s1. The number of aromatic hydroxyl groups is 2. The maximum atomic E-state index is 14.7. The molecule has 17 heteroatoms. The number of phenols is 2. The fourth-order valence-corrected chi connectivity index (χ4v) is 9.48. The zero-order valence-electron chi connectivity index (χ0n) is 39.3. The summed E-state index contributed by atoms with van der Waals surface area (Å²) in [5, 5.41) is 49.5. The molecule has 2 fully saturated rings. The lowest BCUT2D eigenvalue weighted by molar-refractivity contribution is -0.154. The summed E-state index contributed by atoms with van der Waals surface area (Å²) in [6, 6.07) is 0. The Morgan fingerprint density at radius 2 is 1.71 bits per heavy atom. The lowest BCUT2D eigenvalue weighted by atomic mass is 9.93. The maximum Gasteiger partial charge on any atom is 0.315 e. The van der Waals surface area contributed by atoms with Crippen molar-refractivity contribution in [2.24, 2.45) is 21.8 Å². The summed E-state index contributed by atoms with van der Waals surface area (Å²) in [6.07, 6.45) is 6.70. The molecule has 2 aromatic rings. The van der Waals surface area contributed by atoms with Gasteiger partial charge in [-0.1, -0.05) is 39.0 Å². The summed E-state index contributed by atoms with van der Waals surface area (Å²) in [6.45, 7) is 15.6. The van der Waals surface area contributed by atoms with Crippen molar-refractivity contribution in [2.75, 3.05) is 58.2 Å². The number of allylic oxidation sites excluding steroid dienone is 3. The van der Waals surface area contributed by atoms with Gasteiger partial charge in [0.25, 0.3) is 11.7 Å². The second-order valence-corrected chi connectivity index (χ2v) is 19.3. The first-order chi connectivity index (χ1) is 31.3. The average Bonchev–Trinajstić information content (AvgIpc) is 3.64. The van der Waals surface area contributed by atoms with Crippen LogP contribution in [0.5, 0.6) is 17.2 Å². The normalized spacial score (nSPS) is 28.4. The number of fused-ring (bicyclic) bond motifs is 13. The zero-order valence-corrected chi connectivity index (χ0v) is 39.3. The summed E-state index contributed by atoms with van der Waals surface area (Å²) in [4.78, 5) is 71.3. The summed E-state index contributed by atoms with van der Waals surface area (Å²) < 4.78 is 18.1. The molecular weight excluding hydrogens is 849 g/mol. The number of nitrogens with one attached hydrogen (secondary N) is 1. The van der Waals surface area contributed by atoms with Crippen molar-refractivity contribution in [1.82, 2.24) is 14.7 Å². The molecule has 0 radical (unpaired) electrons. The predicted molar refractivity (Wildman–Crippen MR) is 246 cm³/mol. The SMILES string of the molecule is C/C1=C/C=C/C(C)[C@H](O)CC(O)C[C@H](OC(=O)CC(=O)N2CCCN(C)CC2)CC/C=C/O[C@@]2(C)Oc3c(C)c(O)c4c(O)c(c5c(c4c3C2=O)=NC2(CCN(CC(C)C)CC2)N=5)NC1=O. The van der Waals surface area contributed by atoms with Crippen LogP contribution in [0.3, 0.4) is 0 Å². The largest absolute Gasteiger partial charge is 0.507 e. The molecule has 2 unspecified atom stereocenters. The lowest BCUT2D eigenvalue weighted by Crippen LogP contribution is -2.43. The van der Waals surface area contributed by atoms with Gasteiger partial charge in [-0.25, -0.2) is 0 Å². The molecule has 5 atom stereocenters. The van der Waals surface area contributed by atoms with Gasteiger partial charge in [0.15, 0.2) is 11.4 Å². The minimum absolute atomic E-state index is 0.0202. The Labute approximate surface area is 385 Å². The van der Waals surface area contributed by atoms with E-state index >= 15 is 0 Å². The minimum Gasteiger partial charge on any atom is -0.507 e. The van der Waals surface area contributed by atoms with Crippen LogP contribution >= 0.6 is 0 Å². The van der Waals surface area contributed by atoms with Gasteiger partial charge >= 0.3 is 11.8 Å². The smallest absolute Gasteiger partial charge is 0.315 e. The van der Waals surface area contributed by atoms with Crippen molar-refractivity contribution >= 4 is 40.0 Å². The van der Waals surface area contributed by atoms with Gasteiger partial charge in [-0.05, 0) is 65.1 Å². The number of nitrogens with zero attached hydrogens (tertiary/aromatic N) is 5. The highest BCUT2D eigenvalue weighted by atomic mass is 16.7. The molecule has 0 aliphatic carbocycles. The molecule has 6 aliphatic heterocycles. The van der Waals surface area contributed by atoms with Crippen molar-refractivity contribution in [3.63, 3.8) is 0 Å². The molecule has 2 amide bonds. The van der Waals surface area contributed by atoms with Crippen molar-refractivity contribution in [3.05, 3.63) is 58.0 Å². The summed E-state index contributed by atoms with van der Waals surface area (Å²) in [5.41, 5.74) is -0.562. The monoisotopic (exact) mass is 914 g/mol. The minimum atomic E-state index is -1.92. The van der Waals surface area contributed by atoms with E-state index in [0.29, 0.717) is 51.5 Å². The molecule has 6 aliphatic rings. The van der Waals surface area contributed by atoms with Crippen LogP contribution < -0.4 is 20.8 Å². The van der Waals surface area contributed by atoms with E-state index in [9.17, 15) is 39.6 Å². The Bertz CT molecular complexity index is 2460. The third-order valence-corrected chi connectivity index (χ3v) is 13.4. The van der Waals surface area contributed by atoms with E-state index in [1.54, 1.807) is 50.0 Å². The van der Waals surface area contributed by atoms with Gasteiger partial charge in [0.1, 0.15) is 35.1 Å². The van der Waals surface area contributed by atoms with Gasteiger partial charge in [-0.2, -0.15) is 0 Å². The molecular formula is C49H66N6O11. The number of hydrogen-bond acceptors (Lipinski definition) is 15. The van der Waals surface area contributed by atoms with Crippen LogP contribution in [-0.2, 0) is 23.9 Å². The number of ether oxygens (including phenoxy) is 3. The maximum absolute atomic E-state index is 14.7. The molecule has 8 rings (SSSR count). The fourth-order valence-electron chi connectivity index (χ4n) is 9.48. The number of esters is 1. The molecule has 17 nitrogen and oxygen atoms in total. The first-order valence-corrected chi connectivity index (χ1v) is 23.3. The second-order valence-electron chi connectivity index (χ2n) is 19.3. The number of aliphatic hydroxyl groups is 2. The van der Waals surface area contributed by atoms with Gasteiger partial charge in [0.05, 0.1) is 34.8 Å². The van der Waals surface area contributed by atoms with E-state index in [0.717, 1.165) is 19.5 Å². The van der Waals surface area contributed by atoms with Crippen LogP contribution in [0, 0.1) is 18.8 Å². The van der Waals surface area contributed by atoms with E-state index in [-0.39, 0.29) is 87.0 Å². The van der Waals surface area contributed by atoms with Gasteiger partial charge in [0.2, 0.25) is 5.91 Å². The van der Waals surface area contributed by atoms with E-state index in [2.05, 4.69) is 29.0 Å². The number of amides is 2. The first-order valence-electron chi connectivity index (χ1n) is 23.3. The number of phenolic OH excluding ortho intramolecular Hbond substituents is 2. The highest BCUT2D eigenvalue weighted by Crippen LogP contribution is 2.50. The Morgan fingerprint density at radius 3 is 2.44 bits per heavy atom. The van der Waals surface area contributed by atoms with E-state index in [4.69, 9.17) is 24.2 Å². The Balaban J connectivity index is 1.24. The van der Waals surface area contributed by atoms with Gasteiger partial charge in [-0.15, -0.1) is 0 Å². The molecule has 358 valence electrons. The number of piperidine rings is 1. The number of anilines is 1. The number of hydrogen-bond donors (Lipinski definition) is 5. The number of carbonyl (C=O) groups excluding carboxylic acids is 4. The van der Waals surface area contributed by atoms with Crippen LogP contribution in [0.4, 0.5) is 5.69 Å². The first kappa shape index (κ1) is 48.6. The molecule has 0 saturated carbocycles. The molecule has 1 spiro atoms. The molecule has 66 heavy (non-hydrogen) atoms. The van der Waals surface area contributed by atoms with Crippen LogP contribution in [0.1, 0.15) is 102 Å². The Hall–Kier alpha value is -5.36. The lowest BCUT2D eigenvalue weighted by Gasteiger charge is -2.36. The number of aliphatic hydroxyl groups excluding tert-OH is 2. The van der Waals surface area contributed by atoms with Crippen molar-refractivity contribution in [2.45, 2.75) is 123 Å². The summed E-state index contributed by atoms with van der Waals surface area (Å²) >= 11 is 0. The molecule has 2 aromatic carbocycles. The van der Waals surface area contributed by atoms with E-state index in [1.807, 2.05) is 7.05 Å². The number of ketones is 1. The molecule has 5 N–H and O–H groups in total. The average molecular weight is 915 g/mol. The van der Waals surface area contributed by atoms with Crippen molar-refractivity contribution in [3.8, 4) is 17.2 Å². The number of likely N-dealkylation sites (tertiary alicyclic amines) is 1. The number of likely N-dealkylation sites (N-methyl/N-ethyl adjacent to an activating group) is 1. The third-order valence-electron chi connectivity index (χ3n) is 13.4. The number of Topliss-reactive ketones (excluding diaryl/α,β-unsaturated/α-hetero) is 1. The molecule has 6 heterocycles. The van der Waals surface area contributed by atoms with Crippen LogP contribution in [0.15, 0.2) is 46.1 Å². The number of benzene rings is 2. The zero-order chi connectivity index (χ0) is 47.7. The Morgan fingerprint density at radius 1 is 0.985 bits per heavy atom. The third kappa shape index (κ3) is 10.3. The predicted octanol–water partition coefficient (Wildman–Crippen LogP) is 3.92. The topological polar surface area (TPSA) is 223 Å². The highest BCUT2D eigenvalue weighted by Gasteiger charge is 2.50. The van der Waals surface area contributed by atoms with Crippen molar-refractivity contribution < 1.29 is 53.8 Å². The summed E-state index contributed by atoms with van der Waals surface area (Å²) in [5.74, 6) is -4.96. The summed E-state index contributed by atoms with van der Waals surface area (Å²) in [7, 11) is 1.99. The fraction of sp³-hybridized carbons (Fsp3) is 0.592.